The summed E-state index contributed by atoms with van der Waals surface area (Å²) in [5.41, 5.74) is 1.48. The third kappa shape index (κ3) is 3.97. The lowest BCUT2D eigenvalue weighted by atomic mass is 9.89. The first-order valence-corrected chi connectivity index (χ1v) is 7.91. The van der Waals surface area contributed by atoms with Crippen molar-refractivity contribution in [3.05, 3.63) is 41.0 Å². The van der Waals surface area contributed by atoms with Crippen LogP contribution in [-0.2, 0) is 4.79 Å². The maximum atomic E-state index is 12.3. The number of aryl methyl sites for hydroxylation is 1. The van der Waals surface area contributed by atoms with Crippen molar-refractivity contribution in [2.24, 2.45) is 5.92 Å². The average molecular weight is 302 g/mol. The van der Waals surface area contributed by atoms with E-state index in [0.717, 1.165) is 24.6 Å². The third-order valence-electron chi connectivity index (χ3n) is 4.32. The standard InChI is InChI=1S/C18H24N2O2.H2/c1-13-7-5-6-10-15(13)17(21)16(11-19)18(22)20-12-14-8-3-2-4-9-14;/h5-7,10-11,14,19,21H,2-4,8-9,12H2,1H3,(H,20,22);1H/b17-16+,19-11?;. The molecule has 0 atom stereocenters. The highest BCUT2D eigenvalue weighted by atomic mass is 16.3. The first kappa shape index (κ1) is 16.3. The lowest BCUT2D eigenvalue weighted by Crippen LogP contribution is -2.32. The fourth-order valence-corrected chi connectivity index (χ4v) is 2.95. The van der Waals surface area contributed by atoms with E-state index in [1.165, 1.54) is 19.3 Å². The molecule has 1 fully saturated rings. The van der Waals surface area contributed by atoms with Crippen molar-refractivity contribution >= 4 is 17.9 Å². The van der Waals surface area contributed by atoms with Gasteiger partial charge >= 0.3 is 0 Å². The number of benzene rings is 1. The van der Waals surface area contributed by atoms with Gasteiger partial charge in [0.05, 0.1) is 5.57 Å². The zero-order chi connectivity index (χ0) is 15.9. The number of aliphatic hydroxyl groups excluding tert-OH is 1. The van der Waals surface area contributed by atoms with Crippen LogP contribution in [0.15, 0.2) is 29.8 Å². The molecule has 4 heteroatoms. The monoisotopic (exact) mass is 302 g/mol. The van der Waals surface area contributed by atoms with Crippen LogP contribution in [0.5, 0.6) is 0 Å². The molecule has 4 nitrogen and oxygen atoms in total. The van der Waals surface area contributed by atoms with Crippen LogP contribution in [0, 0.1) is 18.3 Å². The molecule has 22 heavy (non-hydrogen) atoms. The molecule has 120 valence electrons. The van der Waals surface area contributed by atoms with Gasteiger partial charge in [-0.05, 0) is 31.2 Å². The van der Waals surface area contributed by atoms with Crippen molar-refractivity contribution in [2.75, 3.05) is 6.54 Å². The molecular weight excluding hydrogens is 276 g/mol. The molecule has 1 aromatic rings. The Morgan fingerprint density at radius 2 is 2.05 bits per heavy atom. The van der Waals surface area contributed by atoms with Crippen LogP contribution in [0.3, 0.4) is 0 Å². The summed E-state index contributed by atoms with van der Waals surface area (Å²) in [6.07, 6.45) is 6.95. The SMILES string of the molecule is Cc1ccccc1/C(O)=C(/C=N)C(=O)NCC1CCCCC1.[HH]. The minimum atomic E-state index is -0.374. The van der Waals surface area contributed by atoms with Gasteiger partial charge in [-0.15, -0.1) is 0 Å². The number of nitrogens with one attached hydrogen (secondary N) is 2. The van der Waals surface area contributed by atoms with E-state index in [1.54, 1.807) is 12.1 Å². The van der Waals surface area contributed by atoms with Gasteiger partial charge in [0.25, 0.3) is 5.91 Å². The largest absolute Gasteiger partial charge is 0.506 e. The second-order valence-electron chi connectivity index (χ2n) is 5.94. The van der Waals surface area contributed by atoms with E-state index in [4.69, 9.17) is 5.41 Å². The Hall–Kier alpha value is -2.10. The Morgan fingerprint density at radius 3 is 2.68 bits per heavy atom. The average Bonchev–Trinajstić information content (AvgIpc) is 2.55. The molecule has 1 amide bonds. The van der Waals surface area contributed by atoms with Crippen molar-refractivity contribution < 1.29 is 11.3 Å². The molecule has 1 aliphatic rings. The molecule has 3 N–H and O–H groups in total. The molecule has 1 aromatic carbocycles. The molecule has 0 aromatic heterocycles. The van der Waals surface area contributed by atoms with Gasteiger partial charge in [-0.1, -0.05) is 43.5 Å². The van der Waals surface area contributed by atoms with E-state index in [2.05, 4.69) is 5.32 Å². The van der Waals surface area contributed by atoms with E-state index >= 15 is 0 Å². The summed E-state index contributed by atoms with van der Waals surface area (Å²) in [6, 6.07) is 7.30. The minimum Gasteiger partial charge on any atom is -0.506 e. The predicted molar refractivity (Wildman–Crippen MR) is 91.2 cm³/mol. The molecule has 0 spiro atoms. The van der Waals surface area contributed by atoms with Crippen molar-refractivity contribution in [2.45, 2.75) is 39.0 Å². The van der Waals surface area contributed by atoms with E-state index in [-0.39, 0.29) is 18.7 Å². The third-order valence-corrected chi connectivity index (χ3v) is 4.32. The number of carbonyl (C=O) groups is 1. The molecule has 0 bridgehead atoms. The van der Waals surface area contributed by atoms with Gasteiger partial charge in [0.15, 0.2) is 0 Å². The quantitative estimate of drug-likeness (QED) is 0.439. The number of hydrogen-bond acceptors (Lipinski definition) is 3. The topological polar surface area (TPSA) is 73.2 Å². The number of aliphatic hydroxyl groups is 1. The van der Waals surface area contributed by atoms with Gasteiger partial charge in [-0.2, -0.15) is 0 Å². The highest BCUT2D eigenvalue weighted by Crippen LogP contribution is 2.23. The second-order valence-corrected chi connectivity index (χ2v) is 5.94. The highest BCUT2D eigenvalue weighted by Gasteiger charge is 2.18. The zero-order valence-electron chi connectivity index (χ0n) is 13.1. The summed E-state index contributed by atoms with van der Waals surface area (Å²) in [5, 5.41) is 20.7. The first-order valence-electron chi connectivity index (χ1n) is 7.91. The summed E-state index contributed by atoms with van der Waals surface area (Å²) in [7, 11) is 0. The Morgan fingerprint density at radius 1 is 1.36 bits per heavy atom. The van der Waals surface area contributed by atoms with E-state index in [9.17, 15) is 9.90 Å². The first-order chi connectivity index (χ1) is 10.6. The maximum Gasteiger partial charge on any atom is 0.256 e. The second kappa shape index (κ2) is 7.78. The molecule has 0 aliphatic heterocycles. The molecule has 2 rings (SSSR count). The van der Waals surface area contributed by atoms with Crippen LogP contribution in [0.1, 0.15) is 44.7 Å². The maximum absolute atomic E-state index is 12.3. The Bertz CT molecular complexity index is 578. The van der Waals surface area contributed by atoms with E-state index in [0.29, 0.717) is 18.0 Å². The molecule has 1 aliphatic carbocycles. The van der Waals surface area contributed by atoms with Crippen LogP contribution >= 0.6 is 0 Å². The van der Waals surface area contributed by atoms with Crippen LogP contribution < -0.4 is 5.32 Å². The van der Waals surface area contributed by atoms with Crippen molar-refractivity contribution in [1.82, 2.24) is 5.32 Å². The molecule has 0 radical (unpaired) electrons. The smallest absolute Gasteiger partial charge is 0.256 e. The van der Waals surface area contributed by atoms with Gasteiger partial charge in [-0.3, -0.25) is 4.79 Å². The summed E-state index contributed by atoms with van der Waals surface area (Å²) in [4.78, 5) is 12.3. The van der Waals surface area contributed by atoms with Gasteiger partial charge in [0.2, 0.25) is 0 Å². The van der Waals surface area contributed by atoms with Crippen LogP contribution in [-0.4, -0.2) is 23.8 Å². The summed E-state index contributed by atoms with van der Waals surface area (Å²) in [5.74, 6) is 0.0147. The van der Waals surface area contributed by atoms with Crippen LogP contribution in [0.4, 0.5) is 0 Å². The highest BCUT2D eigenvalue weighted by molar-refractivity contribution is 6.16. The van der Waals surface area contributed by atoms with Crippen molar-refractivity contribution in [3.63, 3.8) is 0 Å². The zero-order valence-corrected chi connectivity index (χ0v) is 13.1. The summed E-state index contributed by atoms with van der Waals surface area (Å²) in [6.45, 7) is 2.49. The van der Waals surface area contributed by atoms with Gasteiger partial charge < -0.3 is 15.8 Å². The fourth-order valence-electron chi connectivity index (χ4n) is 2.95. The summed E-state index contributed by atoms with van der Waals surface area (Å²) < 4.78 is 0. The van der Waals surface area contributed by atoms with Crippen LogP contribution in [0.25, 0.3) is 5.76 Å². The van der Waals surface area contributed by atoms with Gasteiger partial charge in [-0.25, -0.2) is 0 Å². The predicted octanol–water partition coefficient (Wildman–Crippen LogP) is 3.86. The number of rotatable bonds is 5. The normalized spacial score (nSPS) is 16.8. The lowest BCUT2D eigenvalue weighted by molar-refractivity contribution is -0.117. The lowest BCUT2D eigenvalue weighted by Gasteiger charge is -2.21. The van der Waals surface area contributed by atoms with Gasteiger partial charge in [0, 0.05) is 19.7 Å². The number of hydrogen-bond donors (Lipinski definition) is 3. The van der Waals surface area contributed by atoms with Crippen molar-refractivity contribution in [1.29, 1.82) is 5.41 Å². The van der Waals surface area contributed by atoms with E-state index in [1.807, 2.05) is 19.1 Å². The molecule has 0 saturated heterocycles. The van der Waals surface area contributed by atoms with Gasteiger partial charge in [0.1, 0.15) is 5.76 Å². The minimum absolute atomic E-state index is 0. The Kier molecular flexibility index (Phi) is 5.75. The molecular formula is C18H26N2O2. The molecule has 1 saturated carbocycles. The van der Waals surface area contributed by atoms with Crippen LogP contribution in [0.2, 0.25) is 0 Å². The number of amides is 1. The molecule has 0 unspecified atom stereocenters. The van der Waals surface area contributed by atoms with E-state index < -0.39 is 0 Å². The van der Waals surface area contributed by atoms with Crippen molar-refractivity contribution in [3.8, 4) is 0 Å². The summed E-state index contributed by atoms with van der Waals surface area (Å²) >= 11 is 0. The number of carbonyl (C=O) groups excluding carboxylic acids is 1. The molecule has 0 heterocycles. The Balaban J connectivity index is 0.00000264. The fraction of sp³-hybridized carbons (Fsp3) is 0.444. The Labute approximate surface area is 133 Å².